The van der Waals surface area contributed by atoms with E-state index >= 15 is 0 Å². The average molecular weight is 893 g/mol. The van der Waals surface area contributed by atoms with E-state index in [1.807, 2.05) is 32.0 Å². The van der Waals surface area contributed by atoms with Gasteiger partial charge in [-0.25, -0.2) is 23.8 Å². The van der Waals surface area contributed by atoms with Crippen LogP contribution >= 0.6 is 0 Å². The maximum Gasteiger partial charge on any atom is 0.390 e. The number of anilines is 2. The molecule has 2 aromatic carbocycles. The number of fused-ring (bicyclic) bond motifs is 2. The highest BCUT2D eigenvalue weighted by atomic mass is 19.4. The number of aliphatic hydroxyl groups excluding tert-OH is 1. The van der Waals surface area contributed by atoms with Crippen LogP contribution in [0.15, 0.2) is 60.9 Å². The van der Waals surface area contributed by atoms with Gasteiger partial charge in [-0.1, -0.05) is 24.3 Å². The summed E-state index contributed by atoms with van der Waals surface area (Å²) in [5, 5.41) is 23.6. The summed E-state index contributed by atoms with van der Waals surface area (Å²) in [6, 6.07) is 13.7. The fraction of sp³-hybridized carbons (Fsp3) is 0.400. The van der Waals surface area contributed by atoms with Gasteiger partial charge < -0.3 is 20.5 Å². The number of Topliss-reactive ketones (excluding diaryl/α,β-unsaturated/α-hetero) is 2. The third-order valence-electron chi connectivity index (χ3n) is 11.0. The minimum Gasteiger partial charge on any atom is -0.464 e. The number of hydrogen-bond donors (Lipinski definition) is 3. The van der Waals surface area contributed by atoms with Gasteiger partial charge >= 0.3 is 18.3 Å². The molecule has 2 aliphatic carbocycles. The lowest BCUT2D eigenvalue weighted by Gasteiger charge is -2.12. The number of carbonyl (C=O) groups is 3. The predicted octanol–water partition coefficient (Wildman–Crippen LogP) is 9.38. The van der Waals surface area contributed by atoms with Crippen LogP contribution in [0.1, 0.15) is 99.4 Å². The van der Waals surface area contributed by atoms with Crippen molar-refractivity contribution in [2.45, 2.75) is 84.2 Å². The average Bonchev–Trinajstić information content (AvgIpc) is 4.15. The Hall–Kier alpha value is -6.37. The van der Waals surface area contributed by atoms with Crippen molar-refractivity contribution in [2.24, 2.45) is 11.8 Å². The Balaban J connectivity index is 0.000000192. The molecule has 13 nitrogen and oxygen atoms in total. The van der Waals surface area contributed by atoms with Crippen molar-refractivity contribution in [1.82, 2.24) is 29.2 Å². The molecule has 3 N–H and O–H groups in total. The highest BCUT2D eigenvalue weighted by molar-refractivity contribution is 5.99. The molecule has 19 heteroatoms. The molecule has 0 spiro atoms. The number of halogens is 6. The van der Waals surface area contributed by atoms with Gasteiger partial charge in [-0.05, 0) is 80.7 Å². The van der Waals surface area contributed by atoms with E-state index in [4.69, 9.17) is 4.74 Å². The lowest BCUT2D eigenvalue weighted by molar-refractivity contribution is -0.132. The summed E-state index contributed by atoms with van der Waals surface area (Å²) >= 11 is 0. The van der Waals surface area contributed by atoms with E-state index in [2.05, 4.69) is 30.8 Å². The molecule has 0 atom stereocenters. The molecule has 64 heavy (non-hydrogen) atoms. The van der Waals surface area contributed by atoms with Crippen molar-refractivity contribution in [3.05, 3.63) is 94.6 Å². The molecule has 0 bridgehead atoms. The highest BCUT2D eigenvalue weighted by Crippen LogP contribution is 2.36. The Labute approximate surface area is 363 Å². The molecule has 0 aliphatic heterocycles. The maximum absolute atomic E-state index is 12.6. The van der Waals surface area contributed by atoms with Gasteiger partial charge in [0.25, 0.3) is 0 Å². The molecule has 4 aromatic heterocycles. The predicted molar refractivity (Wildman–Crippen MR) is 225 cm³/mol. The molecular formula is C45H46F6N8O5. The third-order valence-corrected chi connectivity index (χ3v) is 11.0. The second-order valence-corrected chi connectivity index (χ2v) is 16.2. The lowest BCUT2D eigenvalue weighted by atomic mass is 9.98. The summed E-state index contributed by atoms with van der Waals surface area (Å²) in [5.74, 6) is 0.519. The zero-order valence-corrected chi connectivity index (χ0v) is 35.2. The summed E-state index contributed by atoms with van der Waals surface area (Å²) in [5.41, 5.74) is 7.09. The van der Waals surface area contributed by atoms with Gasteiger partial charge in [0.2, 0.25) is 0 Å². The number of benzene rings is 2. The number of esters is 1. The monoisotopic (exact) mass is 892 g/mol. The van der Waals surface area contributed by atoms with E-state index in [9.17, 15) is 45.8 Å². The molecule has 2 aliphatic rings. The van der Waals surface area contributed by atoms with Crippen molar-refractivity contribution in [3.8, 4) is 22.5 Å². The van der Waals surface area contributed by atoms with E-state index in [1.54, 1.807) is 24.4 Å². The van der Waals surface area contributed by atoms with Crippen LogP contribution in [0.25, 0.3) is 33.8 Å². The van der Waals surface area contributed by atoms with Crippen LogP contribution in [0.5, 0.6) is 0 Å². The van der Waals surface area contributed by atoms with Crippen LogP contribution < -0.4 is 10.6 Å². The summed E-state index contributed by atoms with van der Waals surface area (Å²) in [7, 11) is 1.19. The fourth-order valence-corrected chi connectivity index (χ4v) is 7.26. The van der Waals surface area contributed by atoms with Crippen LogP contribution in [-0.4, -0.2) is 84.4 Å². The molecule has 4 heterocycles. The van der Waals surface area contributed by atoms with Crippen LogP contribution in [-0.2, 0) is 11.3 Å². The second kappa shape index (κ2) is 18.8. The molecule has 6 aromatic rings. The first-order valence-corrected chi connectivity index (χ1v) is 20.8. The SMILES string of the molecule is COC(=O)c1cc(NCCC(F)(F)F)c2ncc(-c3ccc(C(=O)CC4CC4)c(C)c3)n2n1.Cc1cc(-c2cnc3c(NCCC(F)(F)F)cc(CO)nn23)ccc1C(=O)CC1CC1. The quantitative estimate of drug-likeness (QED) is 0.0482. The number of nitrogens with one attached hydrogen (secondary N) is 2. The number of rotatable bonds is 16. The number of aliphatic hydroxyl groups is 1. The van der Waals surface area contributed by atoms with E-state index in [1.165, 1.54) is 34.5 Å². The molecule has 0 saturated heterocycles. The number of carbonyl (C=O) groups excluding carboxylic acids is 3. The van der Waals surface area contributed by atoms with Crippen molar-refractivity contribution >= 4 is 40.2 Å². The first-order valence-electron chi connectivity index (χ1n) is 20.8. The fourth-order valence-electron chi connectivity index (χ4n) is 7.26. The van der Waals surface area contributed by atoms with Crippen LogP contribution in [0.4, 0.5) is 37.7 Å². The van der Waals surface area contributed by atoms with E-state index in [0.717, 1.165) is 42.4 Å². The number of aromatic nitrogens is 6. The summed E-state index contributed by atoms with van der Waals surface area (Å²) < 4.78 is 82.9. The van der Waals surface area contributed by atoms with Gasteiger partial charge in [0.05, 0.1) is 67.4 Å². The summed E-state index contributed by atoms with van der Waals surface area (Å²) in [6.07, 6.45) is -1.97. The maximum atomic E-state index is 12.6. The van der Waals surface area contributed by atoms with Gasteiger partial charge in [-0.3, -0.25) is 9.59 Å². The van der Waals surface area contributed by atoms with Gasteiger partial charge in [-0.15, -0.1) is 0 Å². The molecule has 8 rings (SSSR count). The van der Waals surface area contributed by atoms with Crippen molar-refractivity contribution in [3.63, 3.8) is 0 Å². The third kappa shape index (κ3) is 11.2. The van der Waals surface area contributed by atoms with Crippen molar-refractivity contribution in [2.75, 3.05) is 30.8 Å². The van der Waals surface area contributed by atoms with E-state index in [-0.39, 0.29) is 48.3 Å². The number of ether oxygens (including phenoxy) is 1. The van der Waals surface area contributed by atoms with Crippen molar-refractivity contribution in [1.29, 1.82) is 0 Å². The van der Waals surface area contributed by atoms with Gasteiger partial charge in [0.15, 0.2) is 28.6 Å². The molecule has 338 valence electrons. The van der Waals surface area contributed by atoms with Crippen LogP contribution in [0, 0.1) is 25.7 Å². The molecule has 0 radical (unpaired) electrons. The second-order valence-electron chi connectivity index (χ2n) is 16.2. The number of imidazole rings is 2. The van der Waals surface area contributed by atoms with E-state index in [0.29, 0.717) is 69.8 Å². The van der Waals surface area contributed by atoms with Gasteiger partial charge in [0, 0.05) is 54.3 Å². The summed E-state index contributed by atoms with van der Waals surface area (Å²) in [6.45, 7) is 2.67. The molecular weight excluding hydrogens is 847 g/mol. The minimum atomic E-state index is -4.32. The van der Waals surface area contributed by atoms with Crippen LogP contribution in [0.3, 0.4) is 0 Å². The number of hydrogen-bond acceptors (Lipinski definition) is 11. The number of nitrogens with zero attached hydrogens (tertiary/aromatic N) is 6. The molecule has 2 fully saturated rings. The first kappa shape index (κ1) is 45.6. The Bertz CT molecular complexity index is 2700. The zero-order valence-electron chi connectivity index (χ0n) is 35.2. The van der Waals surface area contributed by atoms with Crippen LogP contribution in [0.2, 0.25) is 0 Å². The topological polar surface area (TPSA) is 165 Å². The number of ketones is 2. The lowest BCUT2D eigenvalue weighted by Crippen LogP contribution is -2.16. The number of alkyl halides is 6. The zero-order chi connectivity index (χ0) is 45.9. The minimum absolute atomic E-state index is 0.0771. The Kier molecular flexibility index (Phi) is 13.4. The smallest absolute Gasteiger partial charge is 0.390 e. The Morgan fingerprint density at radius 1 is 0.703 bits per heavy atom. The Morgan fingerprint density at radius 2 is 1.16 bits per heavy atom. The number of aryl methyl sites for hydroxylation is 2. The van der Waals surface area contributed by atoms with Gasteiger partial charge in [0.1, 0.15) is 0 Å². The molecule has 0 unspecified atom stereocenters. The van der Waals surface area contributed by atoms with E-state index < -0.39 is 31.2 Å². The molecule has 0 amide bonds. The van der Waals surface area contributed by atoms with Crippen molar-refractivity contribution < 1.29 is 50.6 Å². The normalized spacial score (nSPS) is 14.0. The highest BCUT2D eigenvalue weighted by Gasteiger charge is 2.29. The molecule has 2 saturated carbocycles. The largest absolute Gasteiger partial charge is 0.464 e. The standard InChI is InChI=1S/C23H23F3N4O3.C22H23F3N4O2/c1-13-9-15(5-6-16(13)20(31)10-14-3-4-14)19-12-28-21-17(27-8-7-23(24,25)26)11-18(22(32)33-2)29-30(19)21;1-13-8-15(4-5-17(13)20(31)9-14-2-3-14)19-11-27-21-18(26-7-6-22(23,24)25)10-16(12-30)28-29(19)21/h5-6,9,11-12,14,27H,3-4,7-8,10H2,1-2H3;4-5,8,10-11,14,26,30H,2-3,6-7,9,12H2,1H3. The number of methoxy groups -OCH3 is 1. The van der Waals surface area contributed by atoms with Gasteiger partial charge in [-0.2, -0.15) is 36.5 Å². The summed E-state index contributed by atoms with van der Waals surface area (Å²) in [4.78, 5) is 45.8. The first-order chi connectivity index (χ1) is 30.4. The Morgan fingerprint density at radius 3 is 1.56 bits per heavy atom.